The highest BCUT2D eigenvalue weighted by atomic mass is 32.2. The molecule has 3 amide bonds. The first kappa shape index (κ1) is 23.0. The Labute approximate surface area is 173 Å². The number of nitrogens with zero attached hydrogens (tertiary/aromatic N) is 4. The number of methoxy groups -OCH3 is 2. The number of hydrogen-bond donors (Lipinski definition) is 2. The molecule has 0 aliphatic rings. The fourth-order valence-corrected chi connectivity index (χ4v) is 3.71. The Morgan fingerprint density at radius 2 is 1.63 bits per heavy atom. The van der Waals surface area contributed by atoms with Gasteiger partial charge in [-0.3, -0.25) is 4.79 Å². The lowest BCUT2D eigenvalue weighted by Gasteiger charge is -2.31. The van der Waals surface area contributed by atoms with Gasteiger partial charge >= 0.3 is 12.0 Å². The predicted octanol–water partition coefficient (Wildman–Crippen LogP) is 0.159. The minimum Gasteiger partial charge on any atom is -0.481 e. The summed E-state index contributed by atoms with van der Waals surface area (Å²) in [7, 11) is 1.29. The summed E-state index contributed by atoms with van der Waals surface area (Å²) in [6.45, 7) is 0. The Bertz CT molecular complexity index is 1050. The van der Waals surface area contributed by atoms with Crippen molar-refractivity contribution < 1.29 is 27.5 Å². The van der Waals surface area contributed by atoms with Crippen LogP contribution < -0.4 is 24.8 Å². The molecule has 1 heterocycles. The molecule has 1 aromatic carbocycles. The molecule has 0 fully saturated rings. The minimum atomic E-state index is -4.34. The van der Waals surface area contributed by atoms with E-state index in [0.717, 1.165) is 0 Å². The quantitative estimate of drug-likeness (QED) is 0.575. The second kappa shape index (κ2) is 8.61. The number of rotatable bonds is 7. The van der Waals surface area contributed by atoms with E-state index in [1.165, 1.54) is 57.5 Å². The molecule has 4 N–H and O–H groups in total. The largest absolute Gasteiger partial charge is 0.481 e. The fourth-order valence-electron chi connectivity index (χ4n) is 2.79. The van der Waals surface area contributed by atoms with E-state index in [-0.39, 0.29) is 23.0 Å². The van der Waals surface area contributed by atoms with Gasteiger partial charge in [-0.15, -0.1) is 14.5 Å². The lowest BCUT2D eigenvalue weighted by molar-refractivity contribution is 0.0827. The fraction of sp³-hybridized carbons (Fsp3) is 0.294. The average Bonchev–Trinajstić information content (AvgIpc) is 2.69. The SMILES string of the molecule is COc1cc(OC)nc([N+](CS(N)(=O)=O)(C(N)=O)c2ccccc2C(=O)N(C)C)n1. The number of carbonyl (C=O) groups is 2. The summed E-state index contributed by atoms with van der Waals surface area (Å²) < 4.78 is 33.2. The Kier molecular flexibility index (Phi) is 6.60. The van der Waals surface area contributed by atoms with E-state index in [9.17, 15) is 18.0 Å². The molecule has 0 saturated carbocycles. The number of benzene rings is 1. The minimum absolute atomic E-state index is 0.00957. The lowest BCUT2D eigenvalue weighted by Crippen LogP contribution is -2.58. The molecule has 2 aromatic rings. The molecular weight excluding hydrogens is 416 g/mol. The number of quaternary nitrogens is 1. The van der Waals surface area contributed by atoms with Gasteiger partial charge in [-0.2, -0.15) is 0 Å². The zero-order chi connectivity index (χ0) is 22.7. The molecule has 162 valence electrons. The van der Waals surface area contributed by atoms with Crippen molar-refractivity contribution >= 4 is 33.6 Å². The highest BCUT2D eigenvalue weighted by Gasteiger charge is 2.49. The van der Waals surface area contributed by atoms with Crippen molar-refractivity contribution in [2.75, 3.05) is 34.2 Å². The van der Waals surface area contributed by atoms with E-state index in [1.807, 2.05) is 0 Å². The van der Waals surface area contributed by atoms with Gasteiger partial charge in [-0.1, -0.05) is 12.1 Å². The molecular formula is C17H23N6O6S+. The molecule has 0 saturated heterocycles. The second-order valence-corrected chi connectivity index (χ2v) is 7.99. The van der Waals surface area contributed by atoms with Crippen LogP contribution in [0.5, 0.6) is 11.8 Å². The topological polar surface area (TPSA) is 168 Å². The van der Waals surface area contributed by atoms with Gasteiger partial charge in [0.1, 0.15) is 5.56 Å². The van der Waals surface area contributed by atoms with Crippen LogP contribution in [0.15, 0.2) is 30.3 Å². The number of para-hydroxylation sites is 1. The van der Waals surface area contributed by atoms with E-state index < -0.39 is 38.3 Å². The molecule has 1 unspecified atom stereocenters. The van der Waals surface area contributed by atoms with Crippen molar-refractivity contribution in [3.8, 4) is 11.8 Å². The molecule has 0 bridgehead atoms. The first-order chi connectivity index (χ1) is 14.0. The molecule has 13 heteroatoms. The van der Waals surface area contributed by atoms with Gasteiger partial charge in [0, 0.05) is 20.2 Å². The lowest BCUT2D eigenvalue weighted by atomic mass is 10.1. The zero-order valence-electron chi connectivity index (χ0n) is 16.9. The summed E-state index contributed by atoms with van der Waals surface area (Å²) in [5.41, 5.74) is 5.63. The van der Waals surface area contributed by atoms with Crippen LogP contribution in [-0.4, -0.2) is 69.4 Å². The number of nitrogens with two attached hydrogens (primary N) is 2. The number of urea groups is 1. The van der Waals surface area contributed by atoms with E-state index in [1.54, 1.807) is 6.07 Å². The van der Waals surface area contributed by atoms with Gasteiger partial charge in [0.25, 0.3) is 15.9 Å². The standard InChI is InChI=1S/C17H22N6O6S/c1-22(2)15(24)11-7-5-6-8-12(11)23(16(18)25,10-30(19,26)27)17-20-13(28-3)9-14(21-17)29-4/h5-9H,10H2,1-4H3,(H3-,18,19,25,26,27)/p+1. The van der Waals surface area contributed by atoms with E-state index in [2.05, 4.69) is 9.97 Å². The predicted molar refractivity (Wildman–Crippen MR) is 109 cm³/mol. The Hall–Kier alpha value is -3.29. The smallest absolute Gasteiger partial charge is 0.427 e. The van der Waals surface area contributed by atoms with Gasteiger partial charge in [0.05, 0.1) is 20.3 Å². The second-order valence-electron chi connectivity index (χ2n) is 6.41. The third kappa shape index (κ3) is 4.48. The van der Waals surface area contributed by atoms with Crippen LogP contribution in [0, 0.1) is 0 Å². The van der Waals surface area contributed by atoms with Gasteiger partial charge in [-0.05, 0) is 6.07 Å². The van der Waals surface area contributed by atoms with Crippen molar-refractivity contribution in [1.29, 1.82) is 0 Å². The number of hydrogen-bond acceptors (Lipinski definition) is 8. The molecule has 12 nitrogen and oxygen atoms in total. The maximum Gasteiger partial charge on any atom is 0.427 e. The number of primary amides is 1. The van der Waals surface area contributed by atoms with Gasteiger partial charge in [0.2, 0.25) is 17.6 Å². The van der Waals surface area contributed by atoms with Crippen LogP contribution >= 0.6 is 0 Å². The van der Waals surface area contributed by atoms with E-state index >= 15 is 0 Å². The molecule has 0 aliphatic carbocycles. The average molecular weight is 439 g/mol. The number of primary sulfonamides is 1. The normalized spacial score (nSPS) is 13.2. The first-order valence-corrected chi connectivity index (χ1v) is 10.1. The van der Waals surface area contributed by atoms with Crippen molar-refractivity contribution in [3.05, 3.63) is 35.9 Å². The van der Waals surface area contributed by atoms with Crippen LogP contribution in [0.2, 0.25) is 0 Å². The third-order valence-electron chi connectivity index (χ3n) is 4.13. The maximum absolute atomic E-state index is 12.8. The molecule has 2 rings (SSSR count). The van der Waals surface area contributed by atoms with Crippen LogP contribution in [-0.2, 0) is 10.0 Å². The third-order valence-corrected chi connectivity index (χ3v) is 4.88. The maximum atomic E-state index is 12.8. The summed E-state index contributed by atoms with van der Waals surface area (Å²) >= 11 is 0. The number of aromatic nitrogens is 2. The Morgan fingerprint density at radius 1 is 1.10 bits per heavy atom. The van der Waals surface area contributed by atoms with E-state index in [4.69, 9.17) is 20.3 Å². The molecule has 0 aliphatic heterocycles. The monoisotopic (exact) mass is 439 g/mol. The number of carbonyl (C=O) groups excluding carboxylic acids is 2. The highest BCUT2D eigenvalue weighted by Crippen LogP contribution is 2.37. The van der Waals surface area contributed by atoms with Gasteiger partial charge < -0.3 is 20.1 Å². The summed E-state index contributed by atoms with van der Waals surface area (Å²) in [6.07, 6.45) is 0. The van der Waals surface area contributed by atoms with Gasteiger partial charge in [-0.25, -0.2) is 18.4 Å². The molecule has 1 aromatic heterocycles. The summed E-state index contributed by atoms with van der Waals surface area (Å²) in [5, 5.41) is 5.30. The van der Waals surface area contributed by atoms with Crippen LogP contribution in [0.3, 0.4) is 0 Å². The van der Waals surface area contributed by atoms with Crippen LogP contribution in [0.4, 0.5) is 16.4 Å². The summed E-state index contributed by atoms with van der Waals surface area (Å²) in [4.78, 5) is 35.1. The molecule has 0 radical (unpaired) electrons. The van der Waals surface area contributed by atoms with Crippen LogP contribution in [0.25, 0.3) is 0 Å². The van der Waals surface area contributed by atoms with E-state index in [0.29, 0.717) is 0 Å². The number of amides is 3. The number of ether oxygens (including phenoxy) is 2. The van der Waals surface area contributed by atoms with Gasteiger partial charge in [0.15, 0.2) is 5.69 Å². The summed E-state index contributed by atoms with van der Waals surface area (Å²) in [5.74, 6) is -1.99. The van der Waals surface area contributed by atoms with Crippen LogP contribution in [0.1, 0.15) is 10.4 Å². The zero-order valence-corrected chi connectivity index (χ0v) is 17.7. The Morgan fingerprint density at radius 3 is 2.07 bits per heavy atom. The summed E-state index contributed by atoms with van der Waals surface area (Å²) in [6, 6.07) is 6.01. The first-order valence-electron chi connectivity index (χ1n) is 8.43. The van der Waals surface area contributed by atoms with Crippen molar-refractivity contribution in [1.82, 2.24) is 19.4 Å². The Balaban J connectivity index is 3.01. The molecule has 30 heavy (non-hydrogen) atoms. The molecule has 1 atom stereocenters. The van der Waals surface area contributed by atoms with Crippen molar-refractivity contribution in [3.63, 3.8) is 0 Å². The van der Waals surface area contributed by atoms with Crippen molar-refractivity contribution in [2.24, 2.45) is 10.9 Å². The number of sulfonamides is 1. The highest BCUT2D eigenvalue weighted by molar-refractivity contribution is 7.89. The van der Waals surface area contributed by atoms with Crippen molar-refractivity contribution in [2.45, 2.75) is 0 Å². The molecule has 0 spiro atoms.